The Morgan fingerprint density at radius 1 is 1.13 bits per heavy atom. The van der Waals surface area contributed by atoms with Crippen LogP contribution < -0.4 is 0 Å². The van der Waals surface area contributed by atoms with Crippen molar-refractivity contribution in [3.8, 4) is 0 Å². The molecular weight excluding hydrogens is 301 g/mol. The van der Waals surface area contributed by atoms with Crippen LogP contribution in [0.3, 0.4) is 0 Å². The number of allylic oxidation sites excluding steroid dienone is 2. The van der Waals surface area contributed by atoms with Crippen molar-refractivity contribution in [2.24, 2.45) is 0 Å². The van der Waals surface area contributed by atoms with Crippen LogP contribution in [0.4, 0.5) is 0 Å². The number of hydrogen-bond acceptors (Lipinski definition) is 2. The van der Waals surface area contributed by atoms with Crippen molar-refractivity contribution in [1.29, 1.82) is 0 Å². The summed E-state index contributed by atoms with van der Waals surface area (Å²) in [5.74, 6) is 0.506. The van der Waals surface area contributed by atoms with Gasteiger partial charge in [0.1, 0.15) is 5.76 Å². The molecule has 0 aromatic heterocycles. The van der Waals surface area contributed by atoms with Gasteiger partial charge < -0.3 is 5.11 Å². The van der Waals surface area contributed by atoms with Crippen molar-refractivity contribution < 1.29 is 5.11 Å². The van der Waals surface area contributed by atoms with Crippen LogP contribution in [-0.4, -0.2) is 27.1 Å². The van der Waals surface area contributed by atoms with E-state index in [1.165, 1.54) is 32.4 Å². The van der Waals surface area contributed by atoms with Gasteiger partial charge in [0.25, 0.3) is 0 Å². The molecule has 2 nitrogen and oxygen atoms in total. The molecule has 1 heterocycles. The fraction of sp³-hybridized carbons (Fsp3) is 0.667. The molecule has 1 saturated heterocycles. The summed E-state index contributed by atoms with van der Waals surface area (Å²) in [5, 5.41) is 9.83. The summed E-state index contributed by atoms with van der Waals surface area (Å²) in [4.78, 5) is 2.48. The summed E-state index contributed by atoms with van der Waals surface area (Å²) in [6.45, 7) is 2.36. The van der Waals surface area contributed by atoms with E-state index in [1.54, 1.807) is 0 Å². The lowest BCUT2D eigenvalue weighted by Gasteiger charge is -2.33. The highest BCUT2D eigenvalue weighted by atomic mass is 127. The van der Waals surface area contributed by atoms with E-state index < -0.39 is 0 Å². The van der Waals surface area contributed by atoms with E-state index in [4.69, 9.17) is 0 Å². The molecule has 0 bridgehead atoms. The lowest BCUT2D eigenvalue weighted by atomic mass is 10.0. The molecule has 0 aromatic carbocycles. The second-order valence-electron chi connectivity index (χ2n) is 4.26. The standard InChI is InChI=1S/C12H18INO/c13-12(14-8-4-1-5-9-14)10-6-2-3-7-11(10)15/h6-7,12,15H,1-5,8-9H2. The van der Waals surface area contributed by atoms with Crippen molar-refractivity contribution in [1.82, 2.24) is 4.90 Å². The number of rotatable bonds is 2. The number of halogens is 1. The average molecular weight is 319 g/mol. The van der Waals surface area contributed by atoms with Crippen LogP contribution in [0.2, 0.25) is 0 Å². The minimum atomic E-state index is 0.361. The first-order valence-electron chi connectivity index (χ1n) is 5.77. The molecule has 0 saturated carbocycles. The maximum absolute atomic E-state index is 9.83. The molecule has 2 aliphatic rings. The Bertz CT molecular complexity index is 279. The first-order chi connectivity index (χ1) is 7.29. The van der Waals surface area contributed by atoms with Crippen molar-refractivity contribution in [3.63, 3.8) is 0 Å². The summed E-state index contributed by atoms with van der Waals surface area (Å²) in [5.41, 5.74) is 1.13. The van der Waals surface area contributed by atoms with Gasteiger partial charge >= 0.3 is 0 Å². The summed E-state index contributed by atoms with van der Waals surface area (Å²) in [7, 11) is 0. The van der Waals surface area contributed by atoms with Gasteiger partial charge in [0.15, 0.2) is 0 Å². The zero-order valence-corrected chi connectivity index (χ0v) is 11.1. The molecule has 84 valence electrons. The van der Waals surface area contributed by atoms with Gasteiger partial charge in [-0.25, -0.2) is 0 Å². The van der Waals surface area contributed by atoms with E-state index in [1.807, 2.05) is 6.08 Å². The van der Waals surface area contributed by atoms with Crippen molar-refractivity contribution in [3.05, 3.63) is 23.5 Å². The summed E-state index contributed by atoms with van der Waals surface area (Å²) < 4.78 is 0.361. The van der Waals surface area contributed by atoms with Crippen LogP contribution in [0.25, 0.3) is 0 Å². The minimum absolute atomic E-state index is 0.361. The second-order valence-corrected chi connectivity index (χ2v) is 5.44. The van der Waals surface area contributed by atoms with Crippen molar-refractivity contribution in [2.45, 2.75) is 36.2 Å². The number of nitrogens with zero attached hydrogens (tertiary/aromatic N) is 1. The molecule has 1 fully saturated rings. The highest BCUT2D eigenvalue weighted by molar-refractivity contribution is 14.1. The van der Waals surface area contributed by atoms with Crippen LogP contribution >= 0.6 is 22.6 Å². The Balaban J connectivity index is 2.02. The third-order valence-corrected chi connectivity index (χ3v) is 4.59. The van der Waals surface area contributed by atoms with Crippen LogP contribution in [-0.2, 0) is 0 Å². The molecular formula is C12H18INO. The predicted octanol–water partition coefficient (Wildman–Crippen LogP) is 3.40. The molecule has 1 atom stereocenters. The van der Waals surface area contributed by atoms with E-state index in [9.17, 15) is 5.11 Å². The summed E-state index contributed by atoms with van der Waals surface area (Å²) >= 11 is 2.45. The van der Waals surface area contributed by atoms with Gasteiger partial charge in [0.05, 0.1) is 4.05 Å². The molecule has 0 aromatic rings. The monoisotopic (exact) mass is 319 g/mol. The lowest BCUT2D eigenvalue weighted by molar-refractivity contribution is 0.232. The lowest BCUT2D eigenvalue weighted by Crippen LogP contribution is -2.37. The van der Waals surface area contributed by atoms with E-state index in [-0.39, 0.29) is 0 Å². The highest BCUT2D eigenvalue weighted by Crippen LogP contribution is 2.29. The number of likely N-dealkylation sites (tertiary alicyclic amines) is 1. The summed E-state index contributed by atoms with van der Waals surface area (Å²) in [6, 6.07) is 0. The van der Waals surface area contributed by atoms with Crippen molar-refractivity contribution >= 4 is 22.6 Å². The molecule has 1 aliphatic carbocycles. The molecule has 3 heteroatoms. The van der Waals surface area contributed by atoms with Gasteiger partial charge in [-0.2, -0.15) is 0 Å². The Morgan fingerprint density at radius 3 is 2.47 bits per heavy atom. The van der Waals surface area contributed by atoms with E-state index >= 15 is 0 Å². The zero-order chi connectivity index (χ0) is 10.7. The smallest absolute Gasteiger partial charge is 0.116 e. The third-order valence-electron chi connectivity index (χ3n) is 3.13. The van der Waals surface area contributed by atoms with Gasteiger partial charge in [-0.1, -0.05) is 35.1 Å². The minimum Gasteiger partial charge on any atom is -0.508 e. The normalized spacial score (nSPS) is 25.7. The van der Waals surface area contributed by atoms with Gasteiger partial charge in [0.2, 0.25) is 0 Å². The zero-order valence-electron chi connectivity index (χ0n) is 8.95. The molecule has 2 rings (SSSR count). The van der Waals surface area contributed by atoms with Crippen molar-refractivity contribution in [2.75, 3.05) is 13.1 Å². The predicted molar refractivity (Wildman–Crippen MR) is 71.3 cm³/mol. The molecule has 0 spiro atoms. The van der Waals surface area contributed by atoms with E-state index in [2.05, 4.69) is 33.6 Å². The van der Waals surface area contributed by atoms with Crippen LogP contribution in [0.5, 0.6) is 0 Å². The van der Waals surface area contributed by atoms with E-state index in [0.29, 0.717) is 9.81 Å². The first-order valence-corrected chi connectivity index (χ1v) is 7.01. The number of piperidine rings is 1. The fourth-order valence-electron chi connectivity index (χ4n) is 2.24. The Hall–Kier alpha value is -0.0300. The molecule has 0 amide bonds. The molecule has 1 N–H and O–H groups in total. The number of aliphatic hydroxyl groups excluding tert-OH is 1. The molecule has 0 radical (unpaired) electrons. The topological polar surface area (TPSA) is 23.5 Å². The van der Waals surface area contributed by atoms with Gasteiger partial charge in [0, 0.05) is 5.57 Å². The largest absolute Gasteiger partial charge is 0.508 e. The molecule has 1 unspecified atom stereocenters. The highest BCUT2D eigenvalue weighted by Gasteiger charge is 2.24. The Morgan fingerprint density at radius 2 is 1.80 bits per heavy atom. The molecule has 1 aliphatic heterocycles. The van der Waals surface area contributed by atoms with Crippen LogP contribution in [0.15, 0.2) is 23.5 Å². The van der Waals surface area contributed by atoms with E-state index in [0.717, 1.165) is 18.4 Å². The number of aliphatic hydroxyl groups is 1. The quantitative estimate of drug-likeness (QED) is 0.479. The Labute approximate surface area is 105 Å². The van der Waals surface area contributed by atoms with Crippen LogP contribution in [0, 0.1) is 0 Å². The summed E-state index contributed by atoms with van der Waals surface area (Å²) in [6.07, 6.45) is 10.2. The van der Waals surface area contributed by atoms with Gasteiger partial charge in [-0.3, -0.25) is 4.90 Å². The maximum atomic E-state index is 9.83. The second kappa shape index (κ2) is 5.34. The maximum Gasteiger partial charge on any atom is 0.116 e. The average Bonchev–Trinajstić information content (AvgIpc) is 2.30. The first kappa shape index (κ1) is 11.5. The number of alkyl halides is 1. The molecule has 15 heavy (non-hydrogen) atoms. The third kappa shape index (κ3) is 2.75. The van der Waals surface area contributed by atoms with Crippen LogP contribution in [0.1, 0.15) is 32.1 Å². The number of hydrogen-bond donors (Lipinski definition) is 1. The fourth-order valence-corrected chi connectivity index (χ4v) is 3.37. The Kier molecular flexibility index (Phi) is 4.08. The van der Waals surface area contributed by atoms with Gasteiger partial charge in [-0.05, 0) is 44.8 Å². The van der Waals surface area contributed by atoms with Gasteiger partial charge in [-0.15, -0.1) is 0 Å². The SMILES string of the molecule is OC1=CCCC=C1C(I)N1CCCCC1.